The molecule has 0 saturated heterocycles. The van der Waals surface area contributed by atoms with Crippen LogP contribution in [0.15, 0.2) is 205 Å². The predicted octanol–water partition coefficient (Wildman–Crippen LogP) is 14.4. The zero-order valence-electron chi connectivity index (χ0n) is 32.1. The summed E-state index contributed by atoms with van der Waals surface area (Å²) in [4.78, 5) is 1.89. The summed E-state index contributed by atoms with van der Waals surface area (Å²) in [5.41, 5.74) is 8.06. The molecule has 2 nitrogen and oxygen atoms in total. The smallest absolute Gasteiger partial charge is 0.143 e. The molecule has 244 valence electrons. The van der Waals surface area contributed by atoms with E-state index in [1.165, 1.54) is 5.39 Å². The van der Waals surface area contributed by atoms with Gasteiger partial charge in [0.1, 0.15) is 11.2 Å². The molecule has 0 aliphatic heterocycles. The highest BCUT2D eigenvalue weighted by Crippen LogP contribution is 2.46. The van der Waals surface area contributed by atoms with Crippen molar-refractivity contribution in [2.24, 2.45) is 0 Å². The second kappa shape index (κ2) is 12.5. The fourth-order valence-electron chi connectivity index (χ4n) is 7.39. The monoisotopic (exact) mass is 667 g/mol. The lowest BCUT2D eigenvalue weighted by molar-refractivity contribution is 0.672. The molecular weight excluding hydrogens is 631 g/mol. The molecule has 1 heterocycles. The lowest BCUT2D eigenvalue weighted by Crippen LogP contribution is -2.11. The molecule has 9 aromatic carbocycles. The van der Waals surface area contributed by atoms with E-state index in [-0.39, 0.29) is 35.4 Å². The SMILES string of the molecule is [2H]c1c([2H])c(N(c2ccc(-c3ccc4ccccc4c3)cc2)c2ccccc2-c2cc3c4ccccc4oc3c3ccccc23)c([2H])c([2H])c1-c1ccccc1. The highest BCUT2D eigenvalue weighted by molar-refractivity contribution is 6.19. The van der Waals surface area contributed by atoms with Gasteiger partial charge in [-0.15, -0.1) is 0 Å². The van der Waals surface area contributed by atoms with Gasteiger partial charge in [-0.25, -0.2) is 0 Å². The van der Waals surface area contributed by atoms with Crippen molar-refractivity contribution in [3.05, 3.63) is 200 Å². The molecule has 0 saturated carbocycles. The molecule has 2 heteroatoms. The van der Waals surface area contributed by atoms with Gasteiger partial charge in [0.2, 0.25) is 0 Å². The van der Waals surface area contributed by atoms with Crippen LogP contribution in [0.3, 0.4) is 0 Å². The van der Waals surface area contributed by atoms with Crippen LogP contribution in [-0.2, 0) is 0 Å². The molecule has 0 fully saturated rings. The highest BCUT2D eigenvalue weighted by atomic mass is 16.3. The van der Waals surface area contributed by atoms with Gasteiger partial charge in [-0.1, -0.05) is 152 Å². The lowest BCUT2D eigenvalue weighted by Gasteiger charge is -2.28. The second-order valence-electron chi connectivity index (χ2n) is 13.0. The van der Waals surface area contributed by atoms with E-state index in [1.807, 2.05) is 108 Å². The van der Waals surface area contributed by atoms with Crippen molar-refractivity contribution in [1.29, 1.82) is 0 Å². The Labute approximate surface area is 308 Å². The number of hydrogen-bond acceptors (Lipinski definition) is 2. The van der Waals surface area contributed by atoms with Gasteiger partial charge in [0.15, 0.2) is 0 Å². The van der Waals surface area contributed by atoms with Crippen molar-refractivity contribution in [2.45, 2.75) is 0 Å². The maximum absolute atomic E-state index is 9.54. The molecule has 0 amide bonds. The molecule has 0 unspecified atom stereocenters. The summed E-state index contributed by atoms with van der Waals surface area (Å²) in [5.74, 6) is 0. The molecule has 10 rings (SSSR count). The van der Waals surface area contributed by atoms with Crippen LogP contribution < -0.4 is 4.90 Å². The number of para-hydroxylation sites is 2. The first kappa shape index (κ1) is 26.0. The van der Waals surface area contributed by atoms with Gasteiger partial charge in [-0.2, -0.15) is 0 Å². The van der Waals surface area contributed by atoms with Crippen LogP contribution in [0.4, 0.5) is 17.1 Å². The number of hydrogen-bond donors (Lipinski definition) is 0. The Morgan fingerprint density at radius 2 is 1.02 bits per heavy atom. The molecule has 0 aliphatic rings. The Morgan fingerprint density at radius 3 is 1.85 bits per heavy atom. The van der Waals surface area contributed by atoms with E-state index in [9.17, 15) is 5.48 Å². The van der Waals surface area contributed by atoms with Gasteiger partial charge in [-0.3, -0.25) is 0 Å². The standard InChI is InChI=1S/C50H33NO/c1-2-12-34(13-3-1)36-24-28-40(29-25-36)51(41-30-26-37(27-31-41)39-23-22-35-14-4-5-15-38(35)32-39)48-20-10-8-17-43(48)46-33-47-44-18-9-11-21-49(44)52-50(47)45-19-7-6-16-42(45)46/h1-33H/i24D,25D,28D,29D. The van der Waals surface area contributed by atoms with Crippen LogP contribution in [0.1, 0.15) is 5.48 Å². The summed E-state index contributed by atoms with van der Waals surface area (Å²) in [5, 5.41) is 6.32. The first-order chi connectivity index (χ1) is 27.5. The molecule has 1 aromatic heterocycles. The van der Waals surface area contributed by atoms with Crippen LogP contribution in [-0.4, -0.2) is 0 Å². The maximum Gasteiger partial charge on any atom is 0.143 e. The fourth-order valence-corrected chi connectivity index (χ4v) is 7.39. The normalized spacial score (nSPS) is 12.5. The minimum atomic E-state index is -0.126. The van der Waals surface area contributed by atoms with Gasteiger partial charge in [0, 0.05) is 33.1 Å². The van der Waals surface area contributed by atoms with Crippen molar-refractivity contribution in [3.63, 3.8) is 0 Å². The zero-order valence-corrected chi connectivity index (χ0v) is 28.1. The van der Waals surface area contributed by atoms with Crippen molar-refractivity contribution < 1.29 is 9.90 Å². The molecule has 0 bridgehead atoms. The quantitative estimate of drug-likeness (QED) is 0.175. The van der Waals surface area contributed by atoms with Crippen molar-refractivity contribution in [1.82, 2.24) is 0 Å². The molecular formula is C50H33NO. The van der Waals surface area contributed by atoms with Crippen molar-refractivity contribution in [2.75, 3.05) is 4.90 Å². The maximum atomic E-state index is 9.54. The average molecular weight is 668 g/mol. The number of fused-ring (bicyclic) bond motifs is 6. The number of anilines is 3. The average Bonchev–Trinajstić information content (AvgIpc) is 3.63. The van der Waals surface area contributed by atoms with Crippen LogP contribution in [0.25, 0.3) is 76.9 Å². The Bertz CT molecular complexity index is 3110. The van der Waals surface area contributed by atoms with Crippen LogP contribution in [0.5, 0.6) is 0 Å². The van der Waals surface area contributed by atoms with Gasteiger partial charge in [-0.05, 0) is 92.5 Å². The molecule has 0 aliphatic carbocycles. The first-order valence-electron chi connectivity index (χ1n) is 19.4. The van der Waals surface area contributed by atoms with E-state index in [1.54, 1.807) is 0 Å². The zero-order chi connectivity index (χ0) is 37.9. The summed E-state index contributed by atoms with van der Waals surface area (Å²) in [7, 11) is 0. The Kier molecular flexibility index (Phi) is 6.22. The summed E-state index contributed by atoms with van der Waals surface area (Å²) in [6.45, 7) is 0. The van der Waals surface area contributed by atoms with E-state index in [2.05, 4.69) is 72.8 Å². The Balaban J connectivity index is 1.23. The third kappa shape index (κ3) is 5.12. The third-order valence-electron chi connectivity index (χ3n) is 9.93. The number of nitrogens with zero attached hydrogens (tertiary/aromatic N) is 1. The molecule has 0 N–H and O–H groups in total. The Hall–Kier alpha value is -6.90. The van der Waals surface area contributed by atoms with Crippen molar-refractivity contribution >= 4 is 60.5 Å². The third-order valence-corrected chi connectivity index (χ3v) is 9.93. The summed E-state index contributed by atoms with van der Waals surface area (Å²) >= 11 is 0. The van der Waals surface area contributed by atoms with Gasteiger partial charge in [0.25, 0.3) is 0 Å². The van der Waals surface area contributed by atoms with E-state index < -0.39 is 0 Å². The van der Waals surface area contributed by atoms with Gasteiger partial charge >= 0.3 is 0 Å². The summed E-state index contributed by atoms with van der Waals surface area (Å²) < 4.78 is 44.1. The molecule has 10 aromatic rings. The lowest BCUT2D eigenvalue weighted by atomic mass is 9.93. The second-order valence-corrected chi connectivity index (χ2v) is 13.0. The predicted molar refractivity (Wildman–Crippen MR) is 220 cm³/mol. The summed E-state index contributed by atoms with van der Waals surface area (Å²) in [6.07, 6.45) is 0. The molecule has 0 radical (unpaired) electrons. The number of rotatable bonds is 6. The van der Waals surface area contributed by atoms with E-state index in [0.717, 1.165) is 66.0 Å². The minimum Gasteiger partial charge on any atom is -0.455 e. The van der Waals surface area contributed by atoms with Gasteiger partial charge < -0.3 is 9.32 Å². The topological polar surface area (TPSA) is 16.4 Å². The first-order valence-corrected chi connectivity index (χ1v) is 17.4. The number of furan rings is 1. The highest BCUT2D eigenvalue weighted by Gasteiger charge is 2.21. The van der Waals surface area contributed by atoms with E-state index >= 15 is 0 Å². The molecule has 0 spiro atoms. The van der Waals surface area contributed by atoms with E-state index in [0.29, 0.717) is 11.3 Å². The van der Waals surface area contributed by atoms with Crippen LogP contribution >= 0.6 is 0 Å². The van der Waals surface area contributed by atoms with E-state index in [4.69, 9.17) is 4.42 Å². The Morgan fingerprint density at radius 1 is 0.385 bits per heavy atom. The van der Waals surface area contributed by atoms with Crippen molar-refractivity contribution in [3.8, 4) is 33.4 Å². The van der Waals surface area contributed by atoms with Gasteiger partial charge in [0.05, 0.1) is 11.2 Å². The summed E-state index contributed by atoms with van der Waals surface area (Å²) in [6, 6.07) is 58.1. The molecule has 52 heavy (non-hydrogen) atoms. The van der Waals surface area contributed by atoms with Crippen LogP contribution in [0.2, 0.25) is 0 Å². The largest absolute Gasteiger partial charge is 0.455 e. The molecule has 0 atom stereocenters. The fraction of sp³-hybridized carbons (Fsp3) is 0. The number of benzene rings is 9. The minimum absolute atomic E-state index is 0.0980. The van der Waals surface area contributed by atoms with Crippen LogP contribution in [0, 0.1) is 0 Å².